The van der Waals surface area contributed by atoms with Crippen LogP contribution in [0, 0.1) is 5.82 Å². The van der Waals surface area contributed by atoms with Crippen molar-refractivity contribution in [3.05, 3.63) is 94.0 Å². The summed E-state index contributed by atoms with van der Waals surface area (Å²) in [4.78, 5) is 34.8. The first-order chi connectivity index (χ1) is 13.8. The lowest BCUT2D eigenvalue weighted by atomic mass is 10.1. The maximum absolute atomic E-state index is 13.2. The van der Waals surface area contributed by atoms with E-state index in [1.54, 1.807) is 41.0 Å². The van der Waals surface area contributed by atoms with Gasteiger partial charge in [0, 0.05) is 23.7 Å². The number of halogens is 2. The van der Waals surface area contributed by atoms with E-state index in [9.17, 15) is 18.8 Å². The third-order valence-electron chi connectivity index (χ3n) is 4.47. The Labute approximate surface area is 171 Å². The molecule has 3 rings (SSSR count). The number of carboxylic acids is 1. The summed E-state index contributed by atoms with van der Waals surface area (Å²) in [7, 11) is 0. The first kappa shape index (κ1) is 20.5. The minimum absolute atomic E-state index is 0.230. The van der Waals surface area contributed by atoms with Crippen LogP contribution in [0.4, 0.5) is 4.39 Å². The summed E-state index contributed by atoms with van der Waals surface area (Å²) in [6, 6.07) is 16.5. The molecule has 0 aliphatic heterocycles. The van der Waals surface area contributed by atoms with Gasteiger partial charge in [0.05, 0.1) is 12.1 Å². The topological polar surface area (TPSA) is 76.4 Å². The highest BCUT2D eigenvalue weighted by Crippen LogP contribution is 2.20. The first-order valence-electron chi connectivity index (χ1n) is 8.80. The lowest BCUT2D eigenvalue weighted by Crippen LogP contribution is -2.20. The van der Waals surface area contributed by atoms with Gasteiger partial charge in [0.25, 0.3) is 0 Å². The second kappa shape index (κ2) is 8.84. The Morgan fingerprint density at radius 1 is 0.897 bits per heavy atom. The number of hydrogen-bond acceptors (Lipinski definition) is 3. The van der Waals surface area contributed by atoms with Crippen LogP contribution in [0.1, 0.15) is 33.7 Å². The van der Waals surface area contributed by atoms with Gasteiger partial charge in [-0.2, -0.15) is 0 Å². The van der Waals surface area contributed by atoms with Crippen molar-refractivity contribution >= 4 is 29.1 Å². The van der Waals surface area contributed by atoms with Crippen LogP contribution in [-0.2, 0) is 22.6 Å². The van der Waals surface area contributed by atoms with Gasteiger partial charge in [-0.25, -0.2) is 9.18 Å². The summed E-state index contributed by atoms with van der Waals surface area (Å²) in [6.45, 7) is 0.276. The van der Waals surface area contributed by atoms with Crippen molar-refractivity contribution in [2.45, 2.75) is 19.4 Å². The van der Waals surface area contributed by atoms with Crippen LogP contribution in [-0.4, -0.2) is 27.2 Å². The van der Waals surface area contributed by atoms with E-state index >= 15 is 0 Å². The Balaban J connectivity index is 1.94. The van der Waals surface area contributed by atoms with Crippen LogP contribution < -0.4 is 0 Å². The Bertz CT molecular complexity index is 1060. The zero-order valence-electron chi connectivity index (χ0n) is 15.3. The molecule has 0 aliphatic rings. The fourth-order valence-electron chi connectivity index (χ4n) is 2.99. The van der Waals surface area contributed by atoms with E-state index in [-0.39, 0.29) is 18.1 Å². The lowest BCUT2D eigenvalue weighted by Gasteiger charge is -2.13. The van der Waals surface area contributed by atoms with Crippen LogP contribution in [0.5, 0.6) is 0 Å². The largest absolute Gasteiger partial charge is 0.475 e. The number of hydrogen-bond donors (Lipinski definition) is 1. The molecule has 148 valence electrons. The Kier molecular flexibility index (Phi) is 6.24. The first-order valence-corrected chi connectivity index (χ1v) is 9.18. The average molecular weight is 414 g/mol. The zero-order chi connectivity index (χ0) is 21.0. The standard InChI is InChI=1S/C22H17ClFNO4/c23-16-5-1-14(2-6-16)11-18-9-10-19(20(26)12-21(27)22(28)29)25(18)13-15-3-7-17(24)8-4-15/h1-10H,11-13H2,(H,28,29). The molecule has 3 aromatic rings. The zero-order valence-corrected chi connectivity index (χ0v) is 16.0. The predicted octanol–water partition coefficient (Wildman–Crippen LogP) is 4.15. The highest BCUT2D eigenvalue weighted by molar-refractivity contribution is 6.37. The highest BCUT2D eigenvalue weighted by atomic mass is 35.5. The van der Waals surface area contributed by atoms with Crippen molar-refractivity contribution in [2.24, 2.45) is 0 Å². The second-order valence-electron chi connectivity index (χ2n) is 6.55. The molecule has 0 unspecified atom stereocenters. The molecule has 0 aliphatic carbocycles. The second-order valence-corrected chi connectivity index (χ2v) is 6.99. The summed E-state index contributed by atoms with van der Waals surface area (Å²) >= 11 is 5.93. The summed E-state index contributed by atoms with van der Waals surface area (Å²) in [6.07, 6.45) is -0.221. The van der Waals surface area contributed by atoms with E-state index in [0.717, 1.165) is 16.8 Å². The number of nitrogens with zero attached hydrogens (tertiary/aromatic N) is 1. The van der Waals surface area contributed by atoms with Crippen molar-refractivity contribution in [1.29, 1.82) is 0 Å². The quantitative estimate of drug-likeness (QED) is 0.342. The van der Waals surface area contributed by atoms with Crippen LogP contribution in [0.3, 0.4) is 0 Å². The molecule has 2 aromatic carbocycles. The summed E-state index contributed by atoms with van der Waals surface area (Å²) in [5.41, 5.74) is 2.75. The Morgan fingerprint density at radius 3 is 2.14 bits per heavy atom. The van der Waals surface area contributed by atoms with Gasteiger partial charge in [0.15, 0.2) is 5.78 Å². The molecule has 0 spiro atoms. The summed E-state index contributed by atoms with van der Waals surface area (Å²) < 4.78 is 14.9. The maximum Gasteiger partial charge on any atom is 0.372 e. The summed E-state index contributed by atoms with van der Waals surface area (Å²) in [5, 5.41) is 9.39. The molecule has 0 saturated heterocycles. The highest BCUT2D eigenvalue weighted by Gasteiger charge is 2.22. The third kappa shape index (κ3) is 5.18. The number of ketones is 2. The molecule has 0 atom stereocenters. The molecule has 29 heavy (non-hydrogen) atoms. The number of aromatic nitrogens is 1. The van der Waals surface area contributed by atoms with E-state index in [1.165, 1.54) is 12.1 Å². The predicted molar refractivity (Wildman–Crippen MR) is 106 cm³/mol. The van der Waals surface area contributed by atoms with Crippen molar-refractivity contribution in [3.63, 3.8) is 0 Å². The number of rotatable bonds is 8. The molecule has 0 bridgehead atoms. The normalized spacial score (nSPS) is 10.7. The SMILES string of the molecule is O=C(O)C(=O)CC(=O)c1ccc(Cc2ccc(Cl)cc2)n1Cc1ccc(F)cc1. The van der Waals surface area contributed by atoms with E-state index in [0.29, 0.717) is 11.4 Å². The number of aliphatic carboxylic acids is 1. The number of carbonyl (C=O) groups is 3. The van der Waals surface area contributed by atoms with Crippen LogP contribution >= 0.6 is 11.6 Å². The Morgan fingerprint density at radius 2 is 1.52 bits per heavy atom. The maximum atomic E-state index is 13.2. The third-order valence-corrected chi connectivity index (χ3v) is 4.72. The van der Waals surface area contributed by atoms with Gasteiger partial charge in [0.2, 0.25) is 5.78 Å². The van der Waals surface area contributed by atoms with Crippen LogP contribution in [0.2, 0.25) is 5.02 Å². The lowest BCUT2D eigenvalue weighted by molar-refractivity contribution is -0.148. The van der Waals surface area contributed by atoms with Gasteiger partial charge in [-0.1, -0.05) is 35.9 Å². The monoisotopic (exact) mass is 413 g/mol. The minimum Gasteiger partial charge on any atom is -0.475 e. The molecule has 0 amide bonds. The Hall–Kier alpha value is -3.25. The van der Waals surface area contributed by atoms with Crippen molar-refractivity contribution in [1.82, 2.24) is 4.57 Å². The van der Waals surface area contributed by atoms with Gasteiger partial charge in [-0.3, -0.25) is 9.59 Å². The smallest absolute Gasteiger partial charge is 0.372 e. The van der Waals surface area contributed by atoms with Gasteiger partial charge in [-0.15, -0.1) is 0 Å². The molecular weight excluding hydrogens is 397 g/mol. The number of Topliss-reactive ketones (excluding diaryl/α,β-unsaturated/α-hetero) is 2. The molecule has 5 nitrogen and oxygen atoms in total. The van der Waals surface area contributed by atoms with Crippen molar-refractivity contribution in [3.8, 4) is 0 Å². The van der Waals surface area contributed by atoms with E-state index in [1.807, 2.05) is 12.1 Å². The van der Waals surface area contributed by atoms with E-state index < -0.39 is 24.0 Å². The van der Waals surface area contributed by atoms with E-state index in [4.69, 9.17) is 16.7 Å². The molecule has 1 heterocycles. The fourth-order valence-corrected chi connectivity index (χ4v) is 3.12. The van der Waals surface area contributed by atoms with Crippen LogP contribution in [0.25, 0.3) is 0 Å². The van der Waals surface area contributed by atoms with Gasteiger partial charge in [-0.05, 0) is 47.5 Å². The number of carboxylic acid groups (broad SMARTS) is 1. The summed E-state index contributed by atoms with van der Waals surface area (Å²) in [5.74, 6) is -3.76. The molecule has 0 saturated carbocycles. The van der Waals surface area contributed by atoms with Gasteiger partial charge in [0.1, 0.15) is 5.82 Å². The molecule has 0 radical (unpaired) electrons. The minimum atomic E-state index is -1.64. The number of benzene rings is 2. The molecule has 1 aromatic heterocycles. The van der Waals surface area contributed by atoms with Crippen LogP contribution in [0.15, 0.2) is 60.7 Å². The molecule has 0 fully saturated rings. The van der Waals surface area contributed by atoms with Crippen molar-refractivity contribution in [2.75, 3.05) is 0 Å². The van der Waals surface area contributed by atoms with Gasteiger partial charge >= 0.3 is 5.97 Å². The average Bonchev–Trinajstić information content (AvgIpc) is 3.07. The van der Waals surface area contributed by atoms with Crippen molar-refractivity contribution < 1.29 is 23.9 Å². The molecular formula is C22H17ClFNO4. The molecule has 1 N–H and O–H groups in total. The van der Waals surface area contributed by atoms with E-state index in [2.05, 4.69) is 0 Å². The van der Waals surface area contributed by atoms with Gasteiger partial charge < -0.3 is 9.67 Å². The molecule has 7 heteroatoms. The number of carbonyl (C=O) groups excluding carboxylic acids is 2. The fraction of sp³-hybridized carbons (Fsp3) is 0.136.